The summed E-state index contributed by atoms with van der Waals surface area (Å²) in [7, 11) is -4.11. The van der Waals surface area contributed by atoms with Crippen LogP contribution in [0.4, 0.5) is 23.7 Å². The number of alkyl halides is 3. The smallest absolute Gasteiger partial charge is 0.434 e. The molecular formula is C33H38F3N3O8S. The Morgan fingerprint density at radius 2 is 1.75 bits per heavy atom. The standard InChI is InChI=1S/C33H38F3N3O8S/c1-3-22(2)18-38(48(44,45)27-14-12-24(21-40)13-15-27)19-29(41)28(16-23-8-5-4-6-9-23)37-31(42)30-20-39(32(43)46-30)25-10-7-11-26(17-25)47-33(34,35)36/h4-15,17,22,28-30,40-41H,3,16,18-21H2,1-2H3,(H,37,42)/t22-,28-,29+,30-/m0/s1. The molecule has 0 spiro atoms. The molecule has 0 aromatic heterocycles. The highest BCUT2D eigenvalue weighted by Crippen LogP contribution is 2.29. The van der Waals surface area contributed by atoms with Gasteiger partial charge in [0.2, 0.25) is 10.0 Å². The van der Waals surface area contributed by atoms with Gasteiger partial charge in [-0.3, -0.25) is 9.69 Å². The van der Waals surface area contributed by atoms with Crippen LogP contribution in [-0.4, -0.2) is 79.2 Å². The third-order valence-corrected chi connectivity index (χ3v) is 9.75. The van der Waals surface area contributed by atoms with Crippen molar-refractivity contribution in [2.45, 2.75) is 62.8 Å². The maximum absolute atomic E-state index is 13.8. The van der Waals surface area contributed by atoms with Crippen molar-refractivity contribution in [3.63, 3.8) is 0 Å². The number of carbonyl (C=O) groups is 2. The Labute approximate surface area is 276 Å². The quantitative estimate of drug-likeness (QED) is 0.215. The van der Waals surface area contributed by atoms with Crippen LogP contribution in [-0.2, 0) is 32.6 Å². The number of nitrogens with one attached hydrogen (secondary N) is 1. The Morgan fingerprint density at radius 3 is 2.38 bits per heavy atom. The van der Waals surface area contributed by atoms with Crippen molar-refractivity contribution in [3.8, 4) is 5.75 Å². The number of benzene rings is 3. The Kier molecular flexibility index (Phi) is 12.1. The number of carbonyl (C=O) groups excluding carboxylic acids is 2. The molecule has 2 amide bonds. The molecule has 4 atom stereocenters. The lowest BCUT2D eigenvalue weighted by Crippen LogP contribution is -2.53. The number of sulfonamides is 1. The van der Waals surface area contributed by atoms with Crippen LogP contribution in [0.15, 0.2) is 83.8 Å². The molecule has 1 aliphatic heterocycles. The average Bonchev–Trinajstić information content (AvgIpc) is 3.45. The summed E-state index contributed by atoms with van der Waals surface area (Å²) in [6, 6.07) is 18.2. The van der Waals surface area contributed by atoms with Gasteiger partial charge in [-0.2, -0.15) is 4.31 Å². The van der Waals surface area contributed by atoms with E-state index in [2.05, 4.69) is 10.1 Å². The summed E-state index contributed by atoms with van der Waals surface area (Å²) < 4.78 is 76.1. The molecule has 15 heteroatoms. The molecule has 48 heavy (non-hydrogen) atoms. The van der Waals surface area contributed by atoms with Crippen molar-refractivity contribution < 1.29 is 50.9 Å². The summed E-state index contributed by atoms with van der Waals surface area (Å²) >= 11 is 0. The van der Waals surface area contributed by atoms with Crippen molar-refractivity contribution >= 4 is 27.7 Å². The van der Waals surface area contributed by atoms with Crippen molar-refractivity contribution in [2.75, 3.05) is 24.5 Å². The maximum atomic E-state index is 13.8. The maximum Gasteiger partial charge on any atom is 0.573 e. The minimum absolute atomic E-state index is 0.0100. The van der Waals surface area contributed by atoms with Gasteiger partial charge < -0.3 is 25.0 Å². The normalized spacial score (nSPS) is 17.1. The number of aliphatic hydroxyl groups excluding tert-OH is 2. The lowest BCUT2D eigenvalue weighted by Gasteiger charge is -2.31. The van der Waals surface area contributed by atoms with Gasteiger partial charge in [0.05, 0.1) is 35.9 Å². The molecule has 1 saturated heterocycles. The van der Waals surface area contributed by atoms with Crippen molar-refractivity contribution in [1.82, 2.24) is 9.62 Å². The predicted molar refractivity (Wildman–Crippen MR) is 169 cm³/mol. The van der Waals surface area contributed by atoms with Crippen LogP contribution in [0.5, 0.6) is 5.75 Å². The van der Waals surface area contributed by atoms with Gasteiger partial charge in [-0.1, -0.05) is 68.8 Å². The minimum Gasteiger partial charge on any atom is -0.434 e. The first kappa shape index (κ1) is 36.7. The summed E-state index contributed by atoms with van der Waals surface area (Å²) in [5.41, 5.74) is 1.27. The molecular weight excluding hydrogens is 655 g/mol. The number of amides is 2. The molecule has 260 valence electrons. The molecule has 3 aromatic rings. The molecule has 0 bridgehead atoms. The lowest BCUT2D eigenvalue weighted by atomic mass is 10.0. The molecule has 1 fully saturated rings. The van der Waals surface area contributed by atoms with Gasteiger partial charge in [-0.05, 0) is 47.7 Å². The van der Waals surface area contributed by atoms with E-state index in [0.717, 1.165) is 26.9 Å². The zero-order chi connectivity index (χ0) is 35.1. The average molecular weight is 694 g/mol. The SMILES string of the molecule is CC[C@H](C)CN(C[C@@H](O)[C@H](Cc1ccccc1)NC(=O)[C@@H]1CN(c2cccc(OC(F)(F)F)c2)C(=O)O1)S(=O)(=O)c1ccc(CO)cc1. The first-order valence-corrected chi connectivity index (χ1v) is 16.7. The van der Waals surface area contributed by atoms with E-state index >= 15 is 0 Å². The topological polar surface area (TPSA) is 146 Å². The second-order valence-corrected chi connectivity index (χ2v) is 13.5. The Hall–Kier alpha value is -4.18. The number of cyclic esters (lactones) is 1. The number of ether oxygens (including phenoxy) is 2. The molecule has 0 unspecified atom stereocenters. The second kappa shape index (κ2) is 15.8. The van der Waals surface area contributed by atoms with Gasteiger partial charge in [0.1, 0.15) is 5.75 Å². The lowest BCUT2D eigenvalue weighted by molar-refractivity contribution is -0.274. The van der Waals surface area contributed by atoms with Crippen LogP contribution in [0, 0.1) is 5.92 Å². The van der Waals surface area contributed by atoms with E-state index in [0.29, 0.717) is 12.0 Å². The Balaban J connectivity index is 1.55. The first-order valence-electron chi connectivity index (χ1n) is 15.3. The third-order valence-electron chi connectivity index (χ3n) is 7.90. The summed E-state index contributed by atoms with van der Waals surface area (Å²) in [6.07, 6.45) is -7.98. The first-order chi connectivity index (χ1) is 22.7. The predicted octanol–water partition coefficient (Wildman–Crippen LogP) is 4.23. The van der Waals surface area contributed by atoms with Gasteiger partial charge in [0, 0.05) is 19.2 Å². The Bertz CT molecular complexity index is 1640. The van der Waals surface area contributed by atoms with E-state index in [1.807, 2.05) is 13.8 Å². The third kappa shape index (κ3) is 9.69. The number of halogens is 3. The molecule has 11 nitrogen and oxygen atoms in total. The number of anilines is 1. The van der Waals surface area contributed by atoms with Gasteiger partial charge >= 0.3 is 12.5 Å². The fourth-order valence-corrected chi connectivity index (χ4v) is 6.66. The zero-order valence-corrected chi connectivity index (χ0v) is 27.2. The second-order valence-electron chi connectivity index (χ2n) is 11.5. The van der Waals surface area contributed by atoms with E-state index in [1.54, 1.807) is 30.3 Å². The van der Waals surface area contributed by atoms with Crippen LogP contribution in [0.2, 0.25) is 0 Å². The van der Waals surface area contributed by atoms with E-state index in [-0.39, 0.29) is 49.2 Å². The molecule has 0 saturated carbocycles. The molecule has 3 aromatic carbocycles. The van der Waals surface area contributed by atoms with E-state index in [1.165, 1.54) is 36.4 Å². The Morgan fingerprint density at radius 1 is 1.06 bits per heavy atom. The summed E-state index contributed by atoms with van der Waals surface area (Å²) in [6.45, 7) is 2.88. The van der Waals surface area contributed by atoms with Crippen LogP contribution in [0.3, 0.4) is 0 Å². The number of rotatable bonds is 15. The van der Waals surface area contributed by atoms with Gasteiger partial charge in [0.15, 0.2) is 6.10 Å². The monoisotopic (exact) mass is 693 g/mol. The van der Waals surface area contributed by atoms with E-state index in [9.17, 15) is 41.4 Å². The molecule has 3 N–H and O–H groups in total. The van der Waals surface area contributed by atoms with Gasteiger partial charge in [-0.25, -0.2) is 13.2 Å². The molecule has 0 aliphatic carbocycles. The van der Waals surface area contributed by atoms with E-state index in [4.69, 9.17) is 4.74 Å². The highest BCUT2D eigenvalue weighted by atomic mass is 32.2. The summed E-state index contributed by atoms with van der Waals surface area (Å²) in [4.78, 5) is 27.1. The molecule has 0 radical (unpaired) electrons. The number of aliphatic hydroxyl groups is 2. The van der Waals surface area contributed by atoms with Crippen LogP contribution in [0.1, 0.15) is 31.4 Å². The number of hydrogen-bond donors (Lipinski definition) is 3. The van der Waals surface area contributed by atoms with Crippen LogP contribution in [0.25, 0.3) is 0 Å². The van der Waals surface area contributed by atoms with Gasteiger partial charge in [0.25, 0.3) is 5.91 Å². The molecule has 1 heterocycles. The fourth-order valence-electron chi connectivity index (χ4n) is 5.08. The number of hydrogen-bond acceptors (Lipinski definition) is 8. The molecule has 1 aliphatic rings. The van der Waals surface area contributed by atoms with Gasteiger partial charge in [-0.15, -0.1) is 13.2 Å². The zero-order valence-electron chi connectivity index (χ0n) is 26.3. The summed E-state index contributed by atoms with van der Waals surface area (Å²) in [5.74, 6) is -1.42. The fraction of sp³-hybridized carbons (Fsp3) is 0.394. The summed E-state index contributed by atoms with van der Waals surface area (Å²) in [5, 5.41) is 23.6. The largest absolute Gasteiger partial charge is 0.573 e. The minimum atomic E-state index is -4.95. The van der Waals surface area contributed by atoms with Crippen LogP contribution >= 0.6 is 0 Å². The highest BCUT2D eigenvalue weighted by molar-refractivity contribution is 7.89. The molecule has 4 rings (SSSR count). The highest BCUT2D eigenvalue weighted by Gasteiger charge is 2.40. The van der Waals surface area contributed by atoms with Crippen molar-refractivity contribution in [1.29, 1.82) is 0 Å². The van der Waals surface area contributed by atoms with Crippen molar-refractivity contribution in [3.05, 3.63) is 90.0 Å². The van der Waals surface area contributed by atoms with Crippen molar-refractivity contribution in [2.24, 2.45) is 5.92 Å². The van der Waals surface area contributed by atoms with Crippen LogP contribution < -0.4 is 15.0 Å². The number of nitrogens with zero attached hydrogens (tertiary/aromatic N) is 2. The van der Waals surface area contributed by atoms with E-state index < -0.39 is 52.4 Å².